The lowest BCUT2D eigenvalue weighted by Crippen LogP contribution is -2.51. The van der Waals surface area contributed by atoms with Crippen LogP contribution in [0.1, 0.15) is 20.3 Å². The molecule has 1 N–H and O–H groups in total. The van der Waals surface area contributed by atoms with Crippen LogP contribution in [0.5, 0.6) is 0 Å². The first-order valence-electron chi connectivity index (χ1n) is 4.26. The molecule has 2 nitrogen and oxygen atoms in total. The molecule has 0 aliphatic carbocycles. The third-order valence-electron chi connectivity index (χ3n) is 1.85. The van der Waals surface area contributed by atoms with Gasteiger partial charge in [-0.15, -0.1) is 0 Å². The summed E-state index contributed by atoms with van der Waals surface area (Å²) in [6.45, 7) is 3.91. The molecule has 1 rings (SSSR count). The second-order valence-electron chi connectivity index (χ2n) is 3.40. The van der Waals surface area contributed by atoms with E-state index < -0.39 is 12.0 Å². The van der Waals surface area contributed by atoms with Crippen LogP contribution in [0.3, 0.4) is 0 Å². The van der Waals surface area contributed by atoms with Gasteiger partial charge in [0.1, 0.15) is 6.10 Å². The van der Waals surface area contributed by atoms with Crippen LogP contribution in [-0.2, 0) is 4.74 Å². The Morgan fingerprint density at radius 3 is 2.67 bits per heavy atom. The smallest absolute Gasteiger partial charge is 0.285 e. The van der Waals surface area contributed by atoms with Gasteiger partial charge in [-0.05, 0) is 26.8 Å². The summed E-state index contributed by atoms with van der Waals surface area (Å²) in [4.78, 5) is 0. The molecule has 0 amide bonds. The Morgan fingerprint density at radius 1 is 1.50 bits per heavy atom. The standard InChI is InChI=1S/C8H15F2NO/c1-6(2)12-7-3-4-11-5-8(7,9)10/h6-7,11H,3-5H2,1-2H3/t7-/m0/s1. The van der Waals surface area contributed by atoms with Crippen LogP contribution >= 0.6 is 0 Å². The molecule has 1 fully saturated rings. The summed E-state index contributed by atoms with van der Waals surface area (Å²) in [6.07, 6.45) is -0.636. The summed E-state index contributed by atoms with van der Waals surface area (Å²) in [5, 5.41) is 2.65. The number of hydrogen-bond acceptors (Lipinski definition) is 2. The molecule has 0 unspecified atom stereocenters. The third kappa shape index (κ3) is 2.38. The van der Waals surface area contributed by atoms with Crippen LogP contribution in [0.4, 0.5) is 8.78 Å². The molecule has 0 radical (unpaired) electrons. The molecule has 0 aromatic heterocycles. The Labute approximate surface area is 71.3 Å². The van der Waals surface area contributed by atoms with E-state index in [1.54, 1.807) is 13.8 Å². The lowest BCUT2D eigenvalue weighted by molar-refractivity contribution is -0.163. The van der Waals surface area contributed by atoms with E-state index in [2.05, 4.69) is 5.32 Å². The number of nitrogens with one attached hydrogen (secondary N) is 1. The highest BCUT2D eigenvalue weighted by Crippen LogP contribution is 2.26. The lowest BCUT2D eigenvalue weighted by Gasteiger charge is -2.32. The van der Waals surface area contributed by atoms with Gasteiger partial charge in [0.15, 0.2) is 0 Å². The Morgan fingerprint density at radius 2 is 2.17 bits per heavy atom. The van der Waals surface area contributed by atoms with E-state index >= 15 is 0 Å². The Hall–Kier alpha value is -0.220. The van der Waals surface area contributed by atoms with Crippen molar-refractivity contribution < 1.29 is 13.5 Å². The van der Waals surface area contributed by atoms with Crippen molar-refractivity contribution in [2.75, 3.05) is 13.1 Å². The van der Waals surface area contributed by atoms with Gasteiger partial charge in [-0.3, -0.25) is 0 Å². The van der Waals surface area contributed by atoms with E-state index in [1.165, 1.54) is 0 Å². The summed E-state index contributed by atoms with van der Waals surface area (Å²) in [5.74, 6) is -2.71. The largest absolute Gasteiger partial charge is 0.369 e. The molecule has 1 saturated heterocycles. The van der Waals surface area contributed by atoms with Crippen molar-refractivity contribution in [3.05, 3.63) is 0 Å². The topological polar surface area (TPSA) is 21.3 Å². The molecule has 0 spiro atoms. The molecule has 1 aliphatic heterocycles. The summed E-state index contributed by atoms with van der Waals surface area (Å²) >= 11 is 0. The molecule has 72 valence electrons. The van der Waals surface area contributed by atoms with Gasteiger partial charge < -0.3 is 10.1 Å². The fraction of sp³-hybridized carbons (Fsp3) is 1.00. The maximum Gasteiger partial charge on any atom is 0.285 e. The van der Waals surface area contributed by atoms with Crippen molar-refractivity contribution in [1.82, 2.24) is 5.32 Å². The molecule has 0 saturated carbocycles. The Kier molecular flexibility index (Phi) is 3.01. The predicted molar refractivity (Wildman–Crippen MR) is 42.4 cm³/mol. The fourth-order valence-corrected chi connectivity index (χ4v) is 1.31. The molecule has 12 heavy (non-hydrogen) atoms. The van der Waals surface area contributed by atoms with Crippen molar-refractivity contribution in [3.8, 4) is 0 Å². The van der Waals surface area contributed by atoms with Crippen LogP contribution in [0.2, 0.25) is 0 Å². The van der Waals surface area contributed by atoms with Gasteiger partial charge in [0.25, 0.3) is 5.92 Å². The molecule has 1 atom stereocenters. The van der Waals surface area contributed by atoms with Crippen LogP contribution < -0.4 is 5.32 Å². The molecule has 0 aromatic carbocycles. The zero-order valence-corrected chi connectivity index (χ0v) is 7.44. The van der Waals surface area contributed by atoms with Crippen molar-refractivity contribution in [1.29, 1.82) is 0 Å². The van der Waals surface area contributed by atoms with Gasteiger partial charge in [-0.1, -0.05) is 0 Å². The number of piperidine rings is 1. The minimum Gasteiger partial charge on any atom is -0.369 e. The molecule has 1 aliphatic rings. The highest BCUT2D eigenvalue weighted by molar-refractivity contribution is 4.85. The summed E-state index contributed by atoms with van der Waals surface area (Å²) in [7, 11) is 0. The lowest BCUT2D eigenvalue weighted by atomic mass is 10.1. The zero-order valence-electron chi connectivity index (χ0n) is 7.44. The van der Waals surface area contributed by atoms with Crippen molar-refractivity contribution in [3.63, 3.8) is 0 Å². The number of rotatable bonds is 2. The molecule has 0 bridgehead atoms. The van der Waals surface area contributed by atoms with E-state index in [-0.39, 0.29) is 12.6 Å². The molecular weight excluding hydrogens is 164 g/mol. The third-order valence-corrected chi connectivity index (χ3v) is 1.85. The maximum absolute atomic E-state index is 13.0. The van der Waals surface area contributed by atoms with E-state index in [0.29, 0.717) is 13.0 Å². The van der Waals surface area contributed by atoms with E-state index in [1.807, 2.05) is 0 Å². The second-order valence-corrected chi connectivity index (χ2v) is 3.40. The molecule has 0 aromatic rings. The van der Waals surface area contributed by atoms with E-state index in [4.69, 9.17) is 4.74 Å². The Balaban J connectivity index is 2.48. The van der Waals surface area contributed by atoms with Crippen molar-refractivity contribution >= 4 is 0 Å². The van der Waals surface area contributed by atoms with Crippen molar-refractivity contribution in [2.24, 2.45) is 0 Å². The van der Waals surface area contributed by atoms with Gasteiger partial charge >= 0.3 is 0 Å². The molecular formula is C8H15F2NO. The second kappa shape index (κ2) is 3.66. The highest BCUT2D eigenvalue weighted by atomic mass is 19.3. The van der Waals surface area contributed by atoms with Crippen LogP contribution in [0, 0.1) is 0 Å². The van der Waals surface area contributed by atoms with E-state index in [9.17, 15) is 8.78 Å². The van der Waals surface area contributed by atoms with Gasteiger partial charge in [0, 0.05) is 0 Å². The van der Waals surface area contributed by atoms with E-state index in [0.717, 1.165) is 0 Å². The first-order chi connectivity index (χ1) is 5.52. The van der Waals surface area contributed by atoms with Crippen molar-refractivity contribution in [2.45, 2.75) is 38.4 Å². The first kappa shape index (κ1) is 9.86. The van der Waals surface area contributed by atoms with Gasteiger partial charge in [0.2, 0.25) is 0 Å². The predicted octanol–water partition coefficient (Wildman–Crippen LogP) is 1.41. The van der Waals surface area contributed by atoms with Gasteiger partial charge in [-0.25, -0.2) is 8.78 Å². The monoisotopic (exact) mass is 179 g/mol. The van der Waals surface area contributed by atoms with Crippen LogP contribution in [0.15, 0.2) is 0 Å². The SMILES string of the molecule is CC(C)O[C@H]1CCNCC1(F)F. The number of alkyl halides is 2. The van der Waals surface area contributed by atoms with Crippen LogP contribution in [-0.4, -0.2) is 31.2 Å². The number of ether oxygens (including phenoxy) is 1. The first-order valence-corrected chi connectivity index (χ1v) is 4.26. The average Bonchev–Trinajstić information content (AvgIpc) is 1.92. The molecule has 1 heterocycles. The minimum atomic E-state index is -2.71. The fourth-order valence-electron chi connectivity index (χ4n) is 1.31. The van der Waals surface area contributed by atoms with Gasteiger partial charge in [0.05, 0.1) is 12.6 Å². The maximum atomic E-state index is 13.0. The minimum absolute atomic E-state index is 0.126. The molecule has 4 heteroatoms. The van der Waals surface area contributed by atoms with Gasteiger partial charge in [-0.2, -0.15) is 0 Å². The Bertz CT molecular complexity index is 150. The average molecular weight is 179 g/mol. The number of halogens is 2. The summed E-state index contributed by atoms with van der Waals surface area (Å²) in [6, 6.07) is 0. The zero-order chi connectivity index (χ0) is 9.19. The highest BCUT2D eigenvalue weighted by Gasteiger charge is 2.42. The quantitative estimate of drug-likeness (QED) is 0.692. The number of hydrogen-bond donors (Lipinski definition) is 1. The normalized spacial score (nSPS) is 29.2. The summed E-state index contributed by atoms with van der Waals surface area (Å²) in [5.41, 5.74) is 0. The van der Waals surface area contributed by atoms with Crippen LogP contribution in [0.25, 0.3) is 0 Å². The summed E-state index contributed by atoms with van der Waals surface area (Å²) < 4.78 is 31.2.